The zero-order valence-electron chi connectivity index (χ0n) is 17.2. The summed E-state index contributed by atoms with van der Waals surface area (Å²) in [5.74, 6) is 0. The van der Waals surface area contributed by atoms with Crippen LogP contribution in [-0.2, 0) is 6.54 Å². The molecule has 1 aliphatic rings. The molecule has 5 nitrogen and oxygen atoms in total. The first-order valence-corrected chi connectivity index (χ1v) is 10.7. The number of hydrogen-bond donors (Lipinski definition) is 0. The van der Waals surface area contributed by atoms with E-state index in [1.54, 1.807) is 6.20 Å². The van der Waals surface area contributed by atoms with Crippen LogP contribution in [0.4, 0.5) is 5.69 Å². The van der Waals surface area contributed by atoms with Gasteiger partial charge in [0, 0.05) is 50.5 Å². The van der Waals surface area contributed by atoms with Crippen LogP contribution in [0.5, 0.6) is 0 Å². The minimum absolute atomic E-state index is 0.735. The topological polar surface area (TPSA) is 37.2 Å². The fraction of sp³-hybridized carbons (Fsp3) is 0.391. The van der Waals surface area contributed by atoms with Gasteiger partial charge in [0.1, 0.15) is 0 Å². The third kappa shape index (κ3) is 4.62. The summed E-state index contributed by atoms with van der Waals surface area (Å²) in [5, 5.41) is 9.10. The third-order valence-electron chi connectivity index (χ3n) is 5.69. The number of aromatic nitrogens is 3. The molecule has 3 aromatic rings. The number of anilines is 1. The highest BCUT2D eigenvalue weighted by molar-refractivity contribution is 6.33. The number of aryl methyl sites for hydroxylation is 3. The molecular weight excluding hydrogens is 382 g/mol. The predicted octanol–water partition coefficient (Wildman–Crippen LogP) is 4.43. The molecule has 152 valence electrons. The minimum Gasteiger partial charge on any atom is -0.369 e. The van der Waals surface area contributed by atoms with Crippen LogP contribution in [-0.4, -0.2) is 52.6 Å². The monoisotopic (exact) mass is 409 g/mol. The Morgan fingerprint density at radius 2 is 1.76 bits per heavy atom. The van der Waals surface area contributed by atoms with E-state index in [1.807, 2.05) is 28.9 Å². The van der Waals surface area contributed by atoms with E-state index in [4.69, 9.17) is 11.6 Å². The molecule has 0 N–H and O–H groups in total. The van der Waals surface area contributed by atoms with Crippen LogP contribution in [0.1, 0.15) is 17.5 Å². The molecule has 0 aliphatic carbocycles. The summed E-state index contributed by atoms with van der Waals surface area (Å²) in [6, 6.07) is 14.6. The number of nitrogens with zero attached hydrogens (tertiary/aromatic N) is 5. The molecule has 0 unspecified atom stereocenters. The van der Waals surface area contributed by atoms with Crippen LogP contribution in [0, 0.1) is 13.8 Å². The van der Waals surface area contributed by atoms with Gasteiger partial charge in [-0.2, -0.15) is 0 Å². The Labute approximate surface area is 177 Å². The molecule has 2 heterocycles. The summed E-state index contributed by atoms with van der Waals surface area (Å²) in [6.07, 6.45) is 2.84. The van der Waals surface area contributed by atoms with E-state index in [-0.39, 0.29) is 0 Å². The fourth-order valence-corrected chi connectivity index (χ4v) is 4.25. The Bertz CT molecular complexity index is 959. The number of halogens is 1. The first-order valence-electron chi connectivity index (χ1n) is 10.3. The van der Waals surface area contributed by atoms with Crippen molar-refractivity contribution in [3.63, 3.8) is 0 Å². The SMILES string of the molecule is Cc1ccc(C)c(N2CCN(CCCn3nncc3-c3ccccc3Cl)CC2)c1. The molecule has 29 heavy (non-hydrogen) atoms. The van der Waals surface area contributed by atoms with Crippen molar-refractivity contribution >= 4 is 17.3 Å². The fourth-order valence-electron chi connectivity index (χ4n) is 4.02. The van der Waals surface area contributed by atoms with Crippen LogP contribution in [0.25, 0.3) is 11.3 Å². The van der Waals surface area contributed by atoms with Crippen LogP contribution < -0.4 is 4.90 Å². The molecule has 1 aromatic heterocycles. The van der Waals surface area contributed by atoms with E-state index >= 15 is 0 Å². The van der Waals surface area contributed by atoms with Gasteiger partial charge in [0.15, 0.2) is 0 Å². The number of piperazine rings is 1. The quantitative estimate of drug-likeness (QED) is 0.603. The lowest BCUT2D eigenvalue weighted by Gasteiger charge is -2.37. The molecule has 0 spiro atoms. The van der Waals surface area contributed by atoms with E-state index in [2.05, 4.69) is 52.2 Å². The van der Waals surface area contributed by atoms with Crippen molar-refractivity contribution in [2.24, 2.45) is 0 Å². The summed E-state index contributed by atoms with van der Waals surface area (Å²) in [6.45, 7) is 10.7. The van der Waals surface area contributed by atoms with Gasteiger partial charge >= 0.3 is 0 Å². The molecule has 6 heteroatoms. The average Bonchev–Trinajstić information content (AvgIpc) is 3.19. The van der Waals surface area contributed by atoms with E-state index in [0.29, 0.717) is 0 Å². The molecule has 1 aliphatic heterocycles. The van der Waals surface area contributed by atoms with Gasteiger partial charge in [-0.3, -0.25) is 4.90 Å². The van der Waals surface area contributed by atoms with Crippen molar-refractivity contribution in [3.8, 4) is 11.3 Å². The summed E-state index contributed by atoms with van der Waals surface area (Å²) < 4.78 is 1.97. The number of benzene rings is 2. The van der Waals surface area contributed by atoms with Gasteiger partial charge in [0.05, 0.1) is 16.9 Å². The van der Waals surface area contributed by atoms with E-state index in [9.17, 15) is 0 Å². The van der Waals surface area contributed by atoms with Gasteiger partial charge in [0.25, 0.3) is 0 Å². The van der Waals surface area contributed by atoms with Crippen molar-refractivity contribution in [1.82, 2.24) is 19.9 Å². The van der Waals surface area contributed by atoms with Crippen LogP contribution in [0.3, 0.4) is 0 Å². The van der Waals surface area contributed by atoms with E-state index in [0.717, 1.165) is 62.0 Å². The summed E-state index contributed by atoms with van der Waals surface area (Å²) >= 11 is 6.35. The number of hydrogen-bond acceptors (Lipinski definition) is 4. The Morgan fingerprint density at radius 3 is 2.55 bits per heavy atom. The maximum absolute atomic E-state index is 6.35. The van der Waals surface area contributed by atoms with Gasteiger partial charge in [-0.15, -0.1) is 5.10 Å². The Hall–Kier alpha value is -2.37. The second-order valence-electron chi connectivity index (χ2n) is 7.79. The van der Waals surface area contributed by atoms with Gasteiger partial charge in [-0.25, -0.2) is 4.68 Å². The number of rotatable bonds is 6. The third-order valence-corrected chi connectivity index (χ3v) is 6.02. The average molecular weight is 410 g/mol. The Morgan fingerprint density at radius 1 is 0.966 bits per heavy atom. The van der Waals surface area contributed by atoms with Crippen molar-refractivity contribution in [2.75, 3.05) is 37.6 Å². The first-order chi connectivity index (χ1) is 14.1. The molecule has 0 radical (unpaired) electrons. The summed E-state index contributed by atoms with van der Waals surface area (Å²) in [4.78, 5) is 5.07. The minimum atomic E-state index is 0.735. The van der Waals surface area contributed by atoms with Crippen LogP contribution >= 0.6 is 11.6 Å². The molecule has 0 amide bonds. The molecular formula is C23H28ClN5. The van der Waals surface area contributed by atoms with Crippen molar-refractivity contribution < 1.29 is 0 Å². The highest BCUT2D eigenvalue weighted by Gasteiger charge is 2.18. The van der Waals surface area contributed by atoms with Gasteiger partial charge in [0.2, 0.25) is 0 Å². The molecule has 0 atom stereocenters. The van der Waals surface area contributed by atoms with Gasteiger partial charge in [-0.1, -0.05) is 47.1 Å². The lowest BCUT2D eigenvalue weighted by molar-refractivity contribution is 0.249. The Balaban J connectivity index is 1.30. The van der Waals surface area contributed by atoms with Gasteiger partial charge in [-0.05, 0) is 43.5 Å². The standard InChI is InChI=1S/C23H28ClN5/c1-18-8-9-19(2)22(16-18)28-14-12-27(13-15-28)10-5-11-29-23(17-25-26-29)20-6-3-4-7-21(20)24/h3-4,6-9,16-17H,5,10-15H2,1-2H3. The lowest BCUT2D eigenvalue weighted by Crippen LogP contribution is -2.47. The van der Waals surface area contributed by atoms with Crippen molar-refractivity contribution in [3.05, 3.63) is 64.8 Å². The van der Waals surface area contributed by atoms with Crippen LogP contribution in [0.15, 0.2) is 48.7 Å². The normalized spacial score (nSPS) is 15.1. The summed E-state index contributed by atoms with van der Waals surface area (Å²) in [5.41, 5.74) is 6.05. The zero-order valence-corrected chi connectivity index (χ0v) is 17.9. The van der Waals surface area contributed by atoms with Crippen LogP contribution in [0.2, 0.25) is 5.02 Å². The maximum atomic E-state index is 6.35. The van der Waals surface area contributed by atoms with E-state index < -0.39 is 0 Å². The van der Waals surface area contributed by atoms with E-state index in [1.165, 1.54) is 16.8 Å². The smallest absolute Gasteiger partial charge is 0.0900 e. The highest BCUT2D eigenvalue weighted by atomic mass is 35.5. The lowest BCUT2D eigenvalue weighted by atomic mass is 10.1. The Kier molecular flexibility index (Phi) is 6.16. The largest absolute Gasteiger partial charge is 0.369 e. The highest BCUT2D eigenvalue weighted by Crippen LogP contribution is 2.27. The molecule has 1 saturated heterocycles. The second kappa shape index (κ2) is 8.97. The molecule has 2 aromatic carbocycles. The van der Waals surface area contributed by atoms with Crippen molar-refractivity contribution in [1.29, 1.82) is 0 Å². The molecule has 0 bridgehead atoms. The summed E-state index contributed by atoms with van der Waals surface area (Å²) in [7, 11) is 0. The first kappa shape index (κ1) is 19.9. The van der Waals surface area contributed by atoms with Crippen molar-refractivity contribution in [2.45, 2.75) is 26.8 Å². The molecule has 1 fully saturated rings. The molecule has 0 saturated carbocycles. The predicted molar refractivity (Wildman–Crippen MR) is 120 cm³/mol. The zero-order chi connectivity index (χ0) is 20.2. The maximum Gasteiger partial charge on any atom is 0.0900 e. The second-order valence-corrected chi connectivity index (χ2v) is 8.20. The van der Waals surface area contributed by atoms with Gasteiger partial charge < -0.3 is 4.90 Å². The molecule has 4 rings (SSSR count).